The topological polar surface area (TPSA) is 76.3 Å². The van der Waals surface area contributed by atoms with Crippen LogP contribution in [0.25, 0.3) is 38.6 Å². The van der Waals surface area contributed by atoms with Crippen LogP contribution in [0.5, 0.6) is 0 Å². The third-order valence-electron chi connectivity index (χ3n) is 9.65. The summed E-state index contributed by atoms with van der Waals surface area (Å²) in [5, 5.41) is 37.6. The number of aromatic nitrogens is 1. The van der Waals surface area contributed by atoms with Crippen LogP contribution in [0.2, 0.25) is 0 Å². The van der Waals surface area contributed by atoms with E-state index >= 15 is 0 Å². The van der Waals surface area contributed by atoms with Crippen molar-refractivity contribution in [2.24, 2.45) is 0 Å². The fourth-order valence-electron chi connectivity index (χ4n) is 7.51. The molecule has 1 heterocycles. The van der Waals surface area contributed by atoms with Gasteiger partial charge in [0.15, 0.2) is 8.07 Å². The molecule has 7 aromatic carbocycles. The molecule has 8 rings (SSSR count). The summed E-state index contributed by atoms with van der Waals surface area (Å²) in [4.78, 5) is 0. The summed E-state index contributed by atoms with van der Waals surface area (Å²) in [5.41, 5.74) is 5.96. The molecule has 1 aromatic heterocycles. The van der Waals surface area contributed by atoms with Gasteiger partial charge in [-0.1, -0.05) is 121 Å². The van der Waals surface area contributed by atoms with E-state index in [-0.39, 0.29) is 0 Å². The van der Waals surface area contributed by atoms with Crippen molar-refractivity contribution in [2.45, 2.75) is 0 Å². The van der Waals surface area contributed by atoms with E-state index in [1.807, 2.05) is 84.9 Å². The molecule has 0 radical (unpaired) electrons. The minimum atomic E-state index is -2.95. The third-order valence-corrected chi connectivity index (χ3v) is 14.4. The summed E-state index contributed by atoms with van der Waals surface area (Å²) in [6, 6.07) is 64.8. The highest BCUT2D eigenvalue weighted by atomic mass is 28.3. The maximum Gasteiger partial charge on any atom is 0.179 e. The van der Waals surface area contributed by atoms with E-state index < -0.39 is 8.07 Å². The molecule has 0 aliphatic heterocycles. The molecule has 4 nitrogen and oxygen atoms in total. The van der Waals surface area contributed by atoms with Crippen LogP contribution >= 0.6 is 0 Å². The lowest BCUT2D eigenvalue weighted by molar-refractivity contribution is 1.18. The van der Waals surface area contributed by atoms with Gasteiger partial charge in [0.25, 0.3) is 0 Å². The number of rotatable bonds is 6. The van der Waals surface area contributed by atoms with E-state index in [9.17, 15) is 15.8 Å². The summed E-state index contributed by atoms with van der Waals surface area (Å²) in [6.07, 6.45) is 0. The van der Waals surface area contributed by atoms with Gasteiger partial charge in [-0.2, -0.15) is 15.8 Å². The zero-order valence-corrected chi connectivity index (χ0v) is 28.0. The number of hydrogen-bond acceptors (Lipinski definition) is 3. The lowest BCUT2D eigenvalue weighted by Crippen LogP contribution is -2.74. The molecular weight excluding hydrogens is 625 g/mol. The maximum atomic E-state index is 10.7. The average Bonchev–Trinajstić information content (AvgIpc) is 3.52. The number of benzene rings is 7. The van der Waals surface area contributed by atoms with Crippen molar-refractivity contribution >= 4 is 50.6 Å². The van der Waals surface area contributed by atoms with Crippen LogP contribution in [0.1, 0.15) is 16.7 Å². The Kier molecular flexibility index (Phi) is 7.63. The average molecular weight is 653 g/mol. The van der Waals surface area contributed by atoms with Crippen LogP contribution in [-0.4, -0.2) is 12.6 Å². The predicted molar refractivity (Wildman–Crippen MR) is 204 cm³/mol. The van der Waals surface area contributed by atoms with Crippen LogP contribution in [0.3, 0.4) is 0 Å². The monoisotopic (exact) mass is 652 g/mol. The molecule has 0 fully saturated rings. The first kappa shape index (κ1) is 30.4. The van der Waals surface area contributed by atoms with Crippen molar-refractivity contribution in [1.29, 1.82) is 15.8 Å². The van der Waals surface area contributed by atoms with Crippen LogP contribution in [0.15, 0.2) is 170 Å². The fraction of sp³-hybridized carbons (Fsp3) is 0. The highest BCUT2D eigenvalue weighted by Gasteiger charge is 2.42. The maximum absolute atomic E-state index is 10.7. The van der Waals surface area contributed by atoms with E-state index in [2.05, 4.69) is 108 Å². The number of nitriles is 3. The van der Waals surface area contributed by atoms with Crippen molar-refractivity contribution in [3.05, 3.63) is 187 Å². The Bertz CT molecular complexity index is 2530. The number of para-hydroxylation sites is 1. The largest absolute Gasteiger partial charge is 0.309 e. The van der Waals surface area contributed by atoms with E-state index in [4.69, 9.17) is 0 Å². The van der Waals surface area contributed by atoms with Crippen LogP contribution in [0.4, 0.5) is 0 Å². The molecule has 0 atom stereocenters. The van der Waals surface area contributed by atoms with E-state index in [0.717, 1.165) is 38.2 Å². The smallest absolute Gasteiger partial charge is 0.179 e. The number of fused-ring (bicyclic) bond motifs is 3. The Labute approximate surface area is 291 Å². The highest BCUT2D eigenvalue weighted by Crippen LogP contribution is 2.34. The standard InChI is InChI=1S/C45H28N4Si/c46-29-32-20-25-44-42(26-32)41-18-10-11-19-43(41)49(44)36-23-21-33(22-24-36)45-34(30-47)27-40(28-35(45)31-48)50(37-12-4-1-5-13-37,38-14-6-2-7-15-38)39-16-8-3-9-17-39/h1-28H. The van der Waals surface area contributed by atoms with E-state index in [0.29, 0.717) is 22.3 Å². The quantitative estimate of drug-likeness (QED) is 0.138. The van der Waals surface area contributed by atoms with Gasteiger partial charge in [0.05, 0.1) is 45.9 Å². The van der Waals surface area contributed by atoms with Gasteiger partial charge < -0.3 is 4.57 Å². The predicted octanol–water partition coefficient (Wildman–Crippen LogP) is 7.44. The molecule has 0 saturated heterocycles. The van der Waals surface area contributed by atoms with Gasteiger partial charge in [-0.15, -0.1) is 0 Å². The number of nitrogens with zero attached hydrogens (tertiary/aromatic N) is 4. The zero-order valence-electron chi connectivity index (χ0n) is 27.0. The van der Waals surface area contributed by atoms with E-state index in [1.54, 1.807) is 0 Å². The Hall–Kier alpha value is -6.97. The first-order valence-corrected chi connectivity index (χ1v) is 18.4. The second-order valence-corrected chi connectivity index (χ2v) is 16.1. The zero-order chi connectivity index (χ0) is 34.1. The summed E-state index contributed by atoms with van der Waals surface area (Å²) >= 11 is 0. The Morgan fingerprint density at radius 1 is 0.420 bits per heavy atom. The number of hydrogen-bond donors (Lipinski definition) is 0. The summed E-state index contributed by atoms with van der Waals surface area (Å²) in [7, 11) is -2.95. The molecule has 50 heavy (non-hydrogen) atoms. The molecule has 0 unspecified atom stereocenters. The van der Waals surface area contributed by atoms with Crippen molar-refractivity contribution in [2.75, 3.05) is 0 Å². The molecule has 0 spiro atoms. The molecule has 0 amide bonds. The Balaban J connectivity index is 1.33. The van der Waals surface area contributed by atoms with Crippen molar-refractivity contribution in [1.82, 2.24) is 4.57 Å². The SMILES string of the molecule is N#Cc1ccc2c(c1)c1ccccc1n2-c1ccc(-c2c(C#N)cc([Si](c3ccccc3)(c3ccccc3)c3ccccc3)cc2C#N)cc1. The minimum absolute atomic E-state index is 0.465. The van der Waals surface area contributed by atoms with Crippen molar-refractivity contribution < 1.29 is 0 Å². The van der Waals surface area contributed by atoms with Gasteiger partial charge in [-0.3, -0.25) is 0 Å². The third kappa shape index (κ3) is 4.80. The second-order valence-electron chi connectivity index (χ2n) is 12.3. The molecule has 0 saturated carbocycles. The molecule has 0 N–H and O–H groups in total. The van der Waals surface area contributed by atoms with Crippen LogP contribution < -0.4 is 20.7 Å². The molecule has 0 aliphatic carbocycles. The molecule has 232 valence electrons. The van der Waals surface area contributed by atoms with Crippen LogP contribution in [0, 0.1) is 34.0 Å². The van der Waals surface area contributed by atoms with Crippen LogP contribution in [-0.2, 0) is 0 Å². The van der Waals surface area contributed by atoms with Gasteiger partial charge in [0.1, 0.15) is 0 Å². The molecule has 5 heteroatoms. The second kappa shape index (κ2) is 12.6. The van der Waals surface area contributed by atoms with E-state index in [1.165, 1.54) is 15.6 Å². The van der Waals surface area contributed by atoms with Gasteiger partial charge >= 0.3 is 0 Å². The lowest BCUT2D eigenvalue weighted by Gasteiger charge is -2.35. The van der Waals surface area contributed by atoms with Gasteiger partial charge in [0, 0.05) is 22.0 Å². The Morgan fingerprint density at radius 2 is 0.920 bits per heavy atom. The first-order valence-electron chi connectivity index (χ1n) is 16.4. The normalized spacial score (nSPS) is 11.1. The van der Waals surface area contributed by atoms with Crippen molar-refractivity contribution in [3.8, 4) is 35.0 Å². The highest BCUT2D eigenvalue weighted by molar-refractivity contribution is 7.19. The lowest BCUT2D eigenvalue weighted by atomic mass is 9.95. The molecule has 0 bridgehead atoms. The first-order chi connectivity index (χ1) is 24.7. The van der Waals surface area contributed by atoms with Gasteiger partial charge in [0.2, 0.25) is 0 Å². The summed E-state index contributed by atoms with van der Waals surface area (Å²) < 4.78 is 2.19. The van der Waals surface area contributed by atoms with Gasteiger partial charge in [-0.25, -0.2) is 0 Å². The molecular formula is C45H28N4Si. The Morgan fingerprint density at radius 3 is 1.44 bits per heavy atom. The van der Waals surface area contributed by atoms with Gasteiger partial charge in [-0.05, 0) is 74.8 Å². The minimum Gasteiger partial charge on any atom is -0.309 e. The summed E-state index contributed by atoms with van der Waals surface area (Å²) in [5.74, 6) is 0. The molecule has 0 aliphatic rings. The summed E-state index contributed by atoms with van der Waals surface area (Å²) in [6.45, 7) is 0. The molecule has 8 aromatic rings. The van der Waals surface area contributed by atoms with Crippen molar-refractivity contribution in [3.63, 3.8) is 0 Å². The fourth-order valence-corrected chi connectivity index (χ4v) is 12.3.